The topological polar surface area (TPSA) is 0 Å². The molecule has 1 aliphatic heterocycles. The van der Waals surface area contributed by atoms with E-state index in [1.54, 1.807) is 0 Å². The molecule has 1 aliphatic rings. The van der Waals surface area contributed by atoms with Crippen molar-refractivity contribution in [2.75, 3.05) is 11.5 Å². The van der Waals surface area contributed by atoms with Crippen molar-refractivity contribution in [2.24, 2.45) is 5.92 Å². The van der Waals surface area contributed by atoms with Crippen molar-refractivity contribution in [3.05, 3.63) is 34.1 Å². The Morgan fingerprint density at radius 3 is 2.87 bits per heavy atom. The third-order valence-corrected chi connectivity index (χ3v) is 5.16. The van der Waals surface area contributed by atoms with Gasteiger partial charge in [0.05, 0.1) is 4.47 Å². The zero-order chi connectivity index (χ0) is 10.8. The van der Waals surface area contributed by atoms with Crippen molar-refractivity contribution in [3.63, 3.8) is 0 Å². The molecule has 2 unspecified atom stereocenters. The maximum atomic E-state index is 13.0. The number of hydrogen-bond acceptors (Lipinski definition) is 1. The van der Waals surface area contributed by atoms with Crippen LogP contribution in [-0.4, -0.2) is 16.9 Å². The van der Waals surface area contributed by atoms with Gasteiger partial charge >= 0.3 is 0 Å². The molecule has 4 heteroatoms. The second-order valence-electron chi connectivity index (χ2n) is 3.77. The Hall–Kier alpha value is 0.270. The Kier molecular flexibility index (Phi) is 3.97. The van der Waals surface area contributed by atoms with Crippen LogP contribution in [0.5, 0.6) is 0 Å². The molecule has 2 rings (SSSR count). The van der Waals surface area contributed by atoms with Crippen LogP contribution in [0.15, 0.2) is 22.7 Å². The van der Waals surface area contributed by atoms with Gasteiger partial charge in [0.25, 0.3) is 0 Å². The number of rotatable bonds is 2. The van der Waals surface area contributed by atoms with Crippen molar-refractivity contribution in [2.45, 2.75) is 11.8 Å². The molecular formula is C11H11BrClFS. The molecule has 1 saturated heterocycles. The lowest BCUT2D eigenvalue weighted by Crippen LogP contribution is -2.14. The molecule has 0 radical (unpaired) electrons. The molecule has 0 bridgehead atoms. The molecule has 1 fully saturated rings. The van der Waals surface area contributed by atoms with Gasteiger partial charge in [0.2, 0.25) is 0 Å². The summed E-state index contributed by atoms with van der Waals surface area (Å²) in [6.07, 6.45) is 0.944. The smallest absolute Gasteiger partial charge is 0.137 e. The van der Waals surface area contributed by atoms with Gasteiger partial charge in [-0.1, -0.05) is 6.07 Å². The van der Waals surface area contributed by atoms with E-state index < -0.39 is 0 Å². The third kappa shape index (κ3) is 2.89. The Balaban J connectivity index is 2.07. The molecule has 1 aromatic rings. The van der Waals surface area contributed by atoms with Crippen LogP contribution in [0.2, 0.25) is 0 Å². The molecule has 82 valence electrons. The van der Waals surface area contributed by atoms with Crippen molar-refractivity contribution in [3.8, 4) is 0 Å². The minimum Gasteiger partial charge on any atom is -0.206 e. The van der Waals surface area contributed by atoms with E-state index in [-0.39, 0.29) is 11.2 Å². The lowest BCUT2D eigenvalue weighted by molar-refractivity contribution is 0.596. The van der Waals surface area contributed by atoms with Gasteiger partial charge in [-0.05, 0) is 51.7 Å². The average molecular weight is 310 g/mol. The van der Waals surface area contributed by atoms with Crippen molar-refractivity contribution < 1.29 is 4.39 Å². The third-order valence-electron chi connectivity index (χ3n) is 2.60. The first kappa shape index (κ1) is 11.7. The predicted octanol–water partition coefficient (Wildman–Crippen LogP) is 4.10. The minimum absolute atomic E-state index is 0.207. The van der Waals surface area contributed by atoms with Crippen LogP contribution in [0.25, 0.3) is 0 Å². The van der Waals surface area contributed by atoms with Crippen LogP contribution in [-0.2, 0) is 6.42 Å². The fourth-order valence-electron chi connectivity index (χ4n) is 1.73. The predicted molar refractivity (Wildman–Crippen MR) is 68.3 cm³/mol. The summed E-state index contributed by atoms with van der Waals surface area (Å²) in [7, 11) is 0. The summed E-state index contributed by atoms with van der Waals surface area (Å²) in [5, 5.41) is 0.263. The van der Waals surface area contributed by atoms with Gasteiger partial charge in [-0.2, -0.15) is 11.8 Å². The van der Waals surface area contributed by atoms with Crippen LogP contribution >= 0.6 is 39.3 Å². The van der Waals surface area contributed by atoms with Crippen molar-refractivity contribution in [1.82, 2.24) is 0 Å². The van der Waals surface area contributed by atoms with Gasteiger partial charge in [-0.15, -0.1) is 11.6 Å². The Morgan fingerprint density at radius 1 is 1.47 bits per heavy atom. The lowest BCUT2D eigenvalue weighted by Gasteiger charge is -2.12. The van der Waals surface area contributed by atoms with E-state index in [0.717, 1.165) is 23.5 Å². The summed E-state index contributed by atoms with van der Waals surface area (Å²) in [6.45, 7) is 0. The zero-order valence-electron chi connectivity index (χ0n) is 8.05. The largest absolute Gasteiger partial charge is 0.206 e. The second-order valence-corrected chi connectivity index (χ2v) is 6.26. The summed E-state index contributed by atoms with van der Waals surface area (Å²) < 4.78 is 13.6. The first-order chi connectivity index (χ1) is 7.16. The highest BCUT2D eigenvalue weighted by atomic mass is 79.9. The number of halogens is 3. The van der Waals surface area contributed by atoms with Gasteiger partial charge in [0.15, 0.2) is 0 Å². The molecule has 0 nitrogen and oxygen atoms in total. The molecule has 2 atom stereocenters. The number of thioether (sulfide) groups is 1. The van der Waals surface area contributed by atoms with E-state index in [0.29, 0.717) is 10.4 Å². The van der Waals surface area contributed by atoms with E-state index in [1.807, 2.05) is 23.9 Å². The lowest BCUT2D eigenvalue weighted by atomic mass is 9.99. The van der Waals surface area contributed by atoms with Crippen LogP contribution in [0.1, 0.15) is 5.56 Å². The molecule has 1 heterocycles. The van der Waals surface area contributed by atoms with Gasteiger partial charge in [-0.25, -0.2) is 4.39 Å². The molecule has 0 aromatic heterocycles. The summed E-state index contributed by atoms with van der Waals surface area (Å²) in [5.74, 6) is 2.47. The van der Waals surface area contributed by atoms with E-state index in [2.05, 4.69) is 15.9 Å². The molecule has 0 N–H and O–H groups in total. The van der Waals surface area contributed by atoms with E-state index >= 15 is 0 Å². The first-order valence-electron chi connectivity index (χ1n) is 4.82. The highest BCUT2D eigenvalue weighted by molar-refractivity contribution is 9.10. The van der Waals surface area contributed by atoms with E-state index in [1.165, 1.54) is 6.07 Å². The summed E-state index contributed by atoms with van der Waals surface area (Å²) in [4.78, 5) is 0. The molecule has 0 spiro atoms. The first-order valence-corrected chi connectivity index (χ1v) is 7.21. The fraction of sp³-hybridized carbons (Fsp3) is 0.455. The molecule has 0 saturated carbocycles. The van der Waals surface area contributed by atoms with Crippen molar-refractivity contribution >= 4 is 39.3 Å². The van der Waals surface area contributed by atoms with Crippen LogP contribution in [0, 0.1) is 11.7 Å². The minimum atomic E-state index is -0.207. The van der Waals surface area contributed by atoms with E-state index in [9.17, 15) is 4.39 Å². The molecular weight excluding hydrogens is 299 g/mol. The Labute approximate surface area is 107 Å². The average Bonchev–Trinajstić information content (AvgIpc) is 2.59. The summed E-state index contributed by atoms with van der Waals surface area (Å²) in [6, 6.07) is 5.19. The number of benzene rings is 1. The molecule has 0 aliphatic carbocycles. The van der Waals surface area contributed by atoms with Crippen LogP contribution in [0.4, 0.5) is 4.39 Å². The van der Waals surface area contributed by atoms with Crippen LogP contribution in [0.3, 0.4) is 0 Å². The standard InChI is InChI=1S/C11H11BrClFS/c12-9-4-7(1-2-11(9)14)3-8-5-15-6-10(8)13/h1-2,4,8,10H,3,5-6H2. The maximum Gasteiger partial charge on any atom is 0.137 e. The highest BCUT2D eigenvalue weighted by Crippen LogP contribution is 2.31. The summed E-state index contributed by atoms with van der Waals surface area (Å²) >= 11 is 11.3. The molecule has 15 heavy (non-hydrogen) atoms. The Bertz CT molecular complexity index is 358. The summed E-state index contributed by atoms with van der Waals surface area (Å²) in [5.41, 5.74) is 1.15. The second kappa shape index (κ2) is 5.07. The molecule has 1 aromatic carbocycles. The van der Waals surface area contributed by atoms with Crippen molar-refractivity contribution in [1.29, 1.82) is 0 Å². The number of hydrogen-bond donors (Lipinski definition) is 0. The Morgan fingerprint density at radius 2 is 2.27 bits per heavy atom. The van der Waals surface area contributed by atoms with Crippen LogP contribution < -0.4 is 0 Å². The normalized spacial score (nSPS) is 25.8. The zero-order valence-corrected chi connectivity index (χ0v) is 11.2. The van der Waals surface area contributed by atoms with Gasteiger partial charge in [0, 0.05) is 11.1 Å². The number of alkyl halides is 1. The monoisotopic (exact) mass is 308 g/mol. The van der Waals surface area contributed by atoms with Gasteiger partial charge in [-0.3, -0.25) is 0 Å². The molecule has 0 amide bonds. The maximum absolute atomic E-state index is 13.0. The van der Waals surface area contributed by atoms with Gasteiger partial charge < -0.3 is 0 Å². The quantitative estimate of drug-likeness (QED) is 0.741. The fourth-order valence-corrected chi connectivity index (χ4v) is 3.99. The highest BCUT2D eigenvalue weighted by Gasteiger charge is 2.25. The van der Waals surface area contributed by atoms with E-state index in [4.69, 9.17) is 11.6 Å². The SMILES string of the molecule is Fc1ccc(CC2CSCC2Cl)cc1Br. The van der Waals surface area contributed by atoms with Gasteiger partial charge in [0.1, 0.15) is 5.82 Å².